The molecule has 0 aromatic carbocycles. The largest absolute Gasteiger partial charge is 0.357 e. The Kier molecular flexibility index (Phi) is 13.9. The molecule has 0 aromatic heterocycles. The fourth-order valence-corrected chi connectivity index (χ4v) is 2.29. The van der Waals surface area contributed by atoms with Crippen LogP contribution in [0.5, 0.6) is 0 Å². The third kappa shape index (κ3) is 11.4. The Morgan fingerprint density at radius 2 is 1.67 bits per heavy atom. The minimum atomic E-state index is -0.620. The van der Waals surface area contributed by atoms with Crippen molar-refractivity contribution in [1.29, 1.82) is 0 Å². The molecule has 1 rings (SSSR count). The van der Waals surface area contributed by atoms with Crippen molar-refractivity contribution < 1.29 is 28.8 Å². The van der Waals surface area contributed by atoms with Gasteiger partial charge in [0.25, 0.3) is 11.8 Å². The lowest BCUT2D eigenvalue weighted by Gasteiger charge is -2.16. The minimum Gasteiger partial charge on any atom is -0.357 e. The van der Waals surface area contributed by atoms with E-state index in [0.717, 1.165) is 24.2 Å². The summed E-state index contributed by atoms with van der Waals surface area (Å²) in [6.45, 7) is 5.79. The van der Waals surface area contributed by atoms with Crippen molar-refractivity contribution in [3.63, 3.8) is 0 Å². The number of amides is 5. The number of hydrogen-bond donors (Lipinski definition) is 3. The zero-order valence-corrected chi connectivity index (χ0v) is 18.8. The maximum atomic E-state index is 11.6. The van der Waals surface area contributed by atoms with Gasteiger partial charge in [0.1, 0.15) is 6.04 Å². The van der Waals surface area contributed by atoms with E-state index in [-0.39, 0.29) is 35.7 Å². The standard InChI is InChI=1S/C12H23N2O3P.C7H8N2O3/c1-4-5-6-7-10(15)13-8(2)11(16)14-9(3)12(17)18;10-5-8-3-4-9-6(11)1-2-7(9)12/h8-9H,4-7,18H2,1-3H3,(H,13,15)(H,14,16);1-2,5H,3-4H2,(H,8,10). The van der Waals surface area contributed by atoms with Gasteiger partial charge in [-0.3, -0.25) is 33.7 Å². The topological polar surface area (TPSA) is 142 Å². The summed E-state index contributed by atoms with van der Waals surface area (Å²) in [6.07, 6.45) is 6.27. The summed E-state index contributed by atoms with van der Waals surface area (Å²) < 4.78 is 0. The predicted molar refractivity (Wildman–Crippen MR) is 114 cm³/mol. The van der Waals surface area contributed by atoms with Crippen LogP contribution in [0.15, 0.2) is 12.2 Å². The highest BCUT2D eigenvalue weighted by Crippen LogP contribution is 2.01. The molecule has 5 amide bonds. The smallest absolute Gasteiger partial charge is 0.253 e. The van der Waals surface area contributed by atoms with Crippen LogP contribution in [0, 0.1) is 0 Å². The number of nitrogens with one attached hydrogen (secondary N) is 3. The number of rotatable bonds is 12. The summed E-state index contributed by atoms with van der Waals surface area (Å²) in [4.78, 5) is 66.7. The van der Waals surface area contributed by atoms with E-state index in [9.17, 15) is 28.8 Å². The fourth-order valence-electron chi connectivity index (χ4n) is 2.21. The van der Waals surface area contributed by atoms with E-state index < -0.39 is 12.1 Å². The van der Waals surface area contributed by atoms with Crippen molar-refractivity contribution in [2.24, 2.45) is 0 Å². The van der Waals surface area contributed by atoms with Crippen LogP contribution in [-0.4, -0.2) is 65.6 Å². The van der Waals surface area contributed by atoms with Crippen molar-refractivity contribution in [3.8, 4) is 0 Å². The number of unbranched alkanes of at least 4 members (excludes halogenated alkanes) is 2. The SMILES string of the molecule is CCCCCC(=O)NC(C)C(=O)NC(C)C(=O)P.O=CNCCN1C(=O)C=CC1=O. The normalized spacial score (nSPS) is 14.3. The highest BCUT2D eigenvalue weighted by Gasteiger charge is 2.22. The molecule has 0 aromatic rings. The Bertz CT molecular complexity index is 649. The average molecular weight is 442 g/mol. The van der Waals surface area contributed by atoms with E-state index in [2.05, 4.69) is 22.9 Å². The van der Waals surface area contributed by atoms with Gasteiger partial charge >= 0.3 is 0 Å². The second-order valence-electron chi connectivity index (χ2n) is 6.61. The number of carbonyl (C=O) groups is 6. The monoisotopic (exact) mass is 442 g/mol. The molecule has 0 saturated heterocycles. The van der Waals surface area contributed by atoms with Gasteiger partial charge in [-0.2, -0.15) is 0 Å². The van der Waals surface area contributed by atoms with Crippen LogP contribution in [0.3, 0.4) is 0 Å². The van der Waals surface area contributed by atoms with Crippen molar-refractivity contribution in [1.82, 2.24) is 20.9 Å². The van der Waals surface area contributed by atoms with Crippen LogP contribution in [-0.2, 0) is 28.8 Å². The molecule has 11 heteroatoms. The van der Waals surface area contributed by atoms with E-state index in [1.54, 1.807) is 13.8 Å². The van der Waals surface area contributed by atoms with Gasteiger partial charge in [0.15, 0.2) is 5.52 Å². The minimum absolute atomic E-state index is 0.129. The second-order valence-corrected chi connectivity index (χ2v) is 7.18. The van der Waals surface area contributed by atoms with Gasteiger partial charge in [-0.15, -0.1) is 0 Å². The van der Waals surface area contributed by atoms with Crippen LogP contribution in [0.1, 0.15) is 46.5 Å². The van der Waals surface area contributed by atoms with Crippen molar-refractivity contribution in [2.45, 2.75) is 58.5 Å². The van der Waals surface area contributed by atoms with E-state index in [1.165, 1.54) is 12.2 Å². The van der Waals surface area contributed by atoms with E-state index in [1.807, 2.05) is 9.24 Å². The first-order chi connectivity index (χ1) is 14.1. The van der Waals surface area contributed by atoms with Crippen LogP contribution in [0.4, 0.5) is 0 Å². The van der Waals surface area contributed by atoms with Gasteiger partial charge in [-0.25, -0.2) is 0 Å². The van der Waals surface area contributed by atoms with Gasteiger partial charge in [0, 0.05) is 31.7 Å². The van der Waals surface area contributed by atoms with Crippen LogP contribution < -0.4 is 16.0 Å². The van der Waals surface area contributed by atoms with Crippen molar-refractivity contribution in [2.75, 3.05) is 13.1 Å². The molecular weight excluding hydrogens is 411 g/mol. The highest BCUT2D eigenvalue weighted by atomic mass is 31.0. The lowest BCUT2D eigenvalue weighted by molar-refractivity contribution is -0.137. The Hall–Kier alpha value is -2.61. The molecular formula is C19H31N4O6P. The molecule has 30 heavy (non-hydrogen) atoms. The third-order valence-electron chi connectivity index (χ3n) is 4.03. The molecule has 3 N–H and O–H groups in total. The third-order valence-corrected chi connectivity index (χ3v) is 4.53. The Balaban J connectivity index is 0.000000604. The van der Waals surface area contributed by atoms with Gasteiger partial charge in [0.05, 0.1) is 6.04 Å². The van der Waals surface area contributed by atoms with Crippen molar-refractivity contribution in [3.05, 3.63) is 12.2 Å². The number of hydrogen-bond acceptors (Lipinski definition) is 6. The van der Waals surface area contributed by atoms with Crippen LogP contribution in [0.25, 0.3) is 0 Å². The molecule has 3 unspecified atom stereocenters. The van der Waals surface area contributed by atoms with E-state index >= 15 is 0 Å². The number of carbonyl (C=O) groups excluding carboxylic acids is 6. The van der Waals surface area contributed by atoms with E-state index in [4.69, 9.17) is 0 Å². The van der Waals surface area contributed by atoms with Gasteiger partial charge in [0.2, 0.25) is 18.2 Å². The van der Waals surface area contributed by atoms with Gasteiger partial charge in [-0.1, -0.05) is 29.0 Å². The average Bonchev–Trinajstić information content (AvgIpc) is 3.00. The Labute approximate surface area is 178 Å². The molecule has 1 aliphatic heterocycles. The Morgan fingerprint density at radius 1 is 1.07 bits per heavy atom. The molecule has 0 radical (unpaired) electrons. The Morgan fingerprint density at radius 3 is 2.17 bits per heavy atom. The summed E-state index contributed by atoms with van der Waals surface area (Å²) in [5.41, 5.74) is -0.190. The lowest BCUT2D eigenvalue weighted by atomic mass is 10.2. The number of nitrogens with zero attached hydrogens (tertiary/aromatic N) is 1. The molecule has 0 bridgehead atoms. The first-order valence-electron chi connectivity index (χ1n) is 9.73. The summed E-state index contributed by atoms with van der Waals surface area (Å²) in [5, 5.41) is 7.50. The summed E-state index contributed by atoms with van der Waals surface area (Å²) in [6, 6.07) is -1.17. The summed E-state index contributed by atoms with van der Waals surface area (Å²) in [5.74, 6) is -1.13. The molecule has 0 saturated carbocycles. The molecule has 3 atom stereocenters. The highest BCUT2D eigenvalue weighted by molar-refractivity contribution is 7.40. The molecule has 0 fully saturated rings. The van der Waals surface area contributed by atoms with E-state index in [0.29, 0.717) is 19.4 Å². The predicted octanol–water partition coefficient (Wildman–Crippen LogP) is -0.365. The molecule has 1 heterocycles. The zero-order valence-electron chi connectivity index (χ0n) is 17.6. The maximum Gasteiger partial charge on any atom is 0.253 e. The summed E-state index contributed by atoms with van der Waals surface area (Å²) in [7, 11) is 2.02. The lowest BCUT2D eigenvalue weighted by Crippen LogP contribution is -2.48. The molecule has 0 spiro atoms. The van der Waals surface area contributed by atoms with Crippen LogP contribution >= 0.6 is 9.24 Å². The fraction of sp³-hybridized carbons (Fsp3) is 0.579. The van der Waals surface area contributed by atoms with Crippen LogP contribution in [0.2, 0.25) is 0 Å². The van der Waals surface area contributed by atoms with Gasteiger partial charge in [-0.05, 0) is 20.3 Å². The van der Waals surface area contributed by atoms with Crippen molar-refractivity contribution >= 4 is 44.8 Å². The van der Waals surface area contributed by atoms with Gasteiger partial charge < -0.3 is 16.0 Å². The summed E-state index contributed by atoms with van der Waals surface area (Å²) >= 11 is 0. The maximum absolute atomic E-state index is 11.6. The zero-order chi connectivity index (χ0) is 23.1. The quantitative estimate of drug-likeness (QED) is 0.163. The second kappa shape index (κ2) is 15.3. The molecule has 0 aliphatic carbocycles. The first kappa shape index (κ1) is 27.4. The first-order valence-corrected chi connectivity index (χ1v) is 10.3. The number of imide groups is 1. The molecule has 10 nitrogen and oxygen atoms in total. The molecule has 168 valence electrons. The molecule has 1 aliphatic rings.